The molecule has 4 heterocycles. The number of amides is 1. The number of para-hydroxylation sites is 1. The van der Waals surface area contributed by atoms with Crippen molar-refractivity contribution in [1.29, 1.82) is 0 Å². The molecular formula is C32H41N5O2. The summed E-state index contributed by atoms with van der Waals surface area (Å²) < 4.78 is 6.30. The van der Waals surface area contributed by atoms with E-state index in [1.165, 1.54) is 24.0 Å². The maximum atomic E-state index is 13.3. The minimum atomic E-state index is 0.0468. The Morgan fingerprint density at radius 1 is 0.974 bits per heavy atom. The Labute approximate surface area is 232 Å². The van der Waals surface area contributed by atoms with Crippen molar-refractivity contribution in [3.63, 3.8) is 0 Å². The first-order valence-corrected chi connectivity index (χ1v) is 14.4. The van der Waals surface area contributed by atoms with Crippen LogP contribution in [0.15, 0.2) is 61.2 Å². The van der Waals surface area contributed by atoms with Gasteiger partial charge in [-0.1, -0.05) is 44.5 Å². The fourth-order valence-electron chi connectivity index (χ4n) is 5.99. The van der Waals surface area contributed by atoms with Gasteiger partial charge in [0.25, 0.3) is 5.91 Å². The highest BCUT2D eigenvalue weighted by molar-refractivity contribution is 5.93. The highest BCUT2D eigenvalue weighted by atomic mass is 16.5. The van der Waals surface area contributed by atoms with Crippen LogP contribution in [0.2, 0.25) is 0 Å². The number of ether oxygens (including phenoxy) is 1. The van der Waals surface area contributed by atoms with Crippen molar-refractivity contribution in [2.24, 2.45) is 5.41 Å². The summed E-state index contributed by atoms with van der Waals surface area (Å²) in [4.78, 5) is 31.0. The Kier molecular flexibility index (Phi) is 8.87. The van der Waals surface area contributed by atoms with Crippen LogP contribution in [-0.2, 0) is 13.0 Å². The van der Waals surface area contributed by atoms with Crippen LogP contribution in [-0.4, -0.2) is 63.4 Å². The number of carbonyl (C=O) groups excluding carboxylic acids is 1. The van der Waals surface area contributed by atoms with Crippen LogP contribution in [0.1, 0.15) is 79.2 Å². The van der Waals surface area contributed by atoms with Crippen LogP contribution < -0.4 is 4.74 Å². The zero-order valence-corrected chi connectivity index (χ0v) is 23.4. The van der Waals surface area contributed by atoms with Crippen LogP contribution >= 0.6 is 0 Å². The van der Waals surface area contributed by atoms with Gasteiger partial charge in [-0.2, -0.15) is 0 Å². The third-order valence-electron chi connectivity index (χ3n) is 8.28. The smallest absolute Gasteiger partial charge is 0.256 e. The number of rotatable bonds is 4. The summed E-state index contributed by atoms with van der Waals surface area (Å²) in [5.74, 6) is 2.09. The summed E-state index contributed by atoms with van der Waals surface area (Å²) in [6, 6.07) is 12.6. The van der Waals surface area contributed by atoms with Crippen LogP contribution in [0.4, 0.5) is 0 Å². The zero-order valence-electron chi connectivity index (χ0n) is 23.4. The summed E-state index contributed by atoms with van der Waals surface area (Å²) >= 11 is 0. The van der Waals surface area contributed by atoms with Crippen molar-refractivity contribution >= 4 is 5.91 Å². The molecule has 1 aromatic carbocycles. The lowest BCUT2D eigenvalue weighted by Gasteiger charge is -2.45. The largest absolute Gasteiger partial charge is 0.492 e. The van der Waals surface area contributed by atoms with Gasteiger partial charge in [-0.3, -0.25) is 14.7 Å². The van der Waals surface area contributed by atoms with Crippen LogP contribution in [0.25, 0.3) is 0 Å². The van der Waals surface area contributed by atoms with Gasteiger partial charge in [-0.05, 0) is 60.8 Å². The fraction of sp³-hybridized carbons (Fsp3) is 0.500. The van der Waals surface area contributed by atoms with Crippen molar-refractivity contribution in [3.8, 4) is 5.75 Å². The lowest BCUT2D eigenvalue weighted by molar-refractivity contribution is 0.0360. The van der Waals surface area contributed by atoms with Gasteiger partial charge in [-0.25, -0.2) is 9.97 Å². The monoisotopic (exact) mass is 527 g/mol. The molecule has 3 aromatic rings. The quantitative estimate of drug-likeness (QED) is 0.445. The summed E-state index contributed by atoms with van der Waals surface area (Å²) in [7, 11) is 0. The maximum Gasteiger partial charge on any atom is 0.256 e. The Morgan fingerprint density at radius 3 is 2.51 bits per heavy atom. The normalized spacial score (nSPS) is 18.6. The molecule has 206 valence electrons. The predicted octanol–water partition coefficient (Wildman–Crippen LogP) is 5.53. The maximum absolute atomic E-state index is 13.3. The topological polar surface area (TPSA) is 71.5 Å². The minimum absolute atomic E-state index is 0.0468. The lowest BCUT2D eigenvalue weighted by atomic mass is 9.73. The van der Waals surface area contributed by atoms with E-state index in [0.717, 1.165) is 70.0 Å². The molecule has 0 saturated carbocycles. The van der Waals surface area contributed by atoms with Gasteiger partial charge in [0, 0.05) is 63.4 Å². The van der Waals surface area contributed by atoms with E-state index in [2.05, 4.69) is 64.0 Å². The molecule has 0 unspecified atom stereocenters. The molecule has 0 aliphatic carbocycles. The van der Waals surface area contributed by atoms with Crippen LogP contribution in [0.5, 0.6) is 5.75 Å². The molecule has 0 radical (unpaired) electrons. The van der Waals surface area contributed by atoms with E-state index in [0.29, 0.717) is 12.2 Å². The molecule has 1 spiro atoms. The van der Waals surface area contributed by atoms with E-state index in [1.54, 1.807) is 12.4 Å². The first kappa shape index (κ1) is 27.3. The number of fused-ring (bicyclic) bond motifs is 1. The Hall–Kier alpha value is -3.32. The summed E-state index contributed by atoms with van der Waals surface area (Å²) in [6.45, 7) is 9.02. The number of likely N-dealkylation sites (tertiary alicyclic amines) is 1. The summed E-state index contributed by atoms with van der Waals surface area (Å²) in [6.07, 6.45) is 13.7. The van der Waals surface area contributed by atoms with Gasteiger partial charge in [-0.15, -0.1) is 0 Å². The standard InChI is InChI=1S/C32H41N5O2/c1-25(2)30-34-21-28(22-35-30)31(38)37-16-13-32(14-17-37)12-6-5-10-27-9-3-4-11-29(27)39-19-18-36(24-32)23-26-8-7-15-33-20-26/h3-4,7-9,11,15,20-22,25H,5-6,10,12-14,16-19,23-24H2,1-2H3. The van der Waals surface area contributed by atoms with Gasteiger partial charge in [0.05, 0.1) is 5.56 Å². The van der Waals surface area contributed by atoms with Gasteiger partial charge < -0.3 is 9.64 Å². The summed E-state index contributed by atoms with van der Waals surface area (Å²) in [5.41, 5.74) is 3.29. The van der Waals surface area contributed by atoms with Crippen molar-refractivity contribution in [3.05, 3.63) is 83.7 Å². The van der Waals surface area contributed by atoms with Gasteiger partial charge in [0.15, 0.2) is 0 Å². The number of hydrogen-bond donors (Lipinski definition) is 0. The number of carbonyl (C=O) groups is 1. The number of aryl methyl sites for hydroxylation is 1. The number of aromatic nitrogens is 3. The molecule has 7 nitrogen and oxygen atoms in total. The fourth-order valence-corrected chi connectivity index (χ4v) is 5.99. The van der Waals surface area contributed by atoms with Crippen molar-refractivity contribution in [1.82, 2.24) is 24.8 Å². The van der Waals surface area contributed by atoms with E-state index in [4.69, 9.17) is 4.74 Å². The van der Waals surface area contributed by atoms with Crippen molar-refractivity contribution in [2.75, 3.05) is 32.8 Å². The second kappa shape index (κ2) is 12.7. The number of hydrogen-bond acceptors (Lipinski definition) is 6. The second-order valence-corrected chi connectivity index (χ2v) is 11.5. The number of nitrogens with zero attached hydrogens (tertiary/aromatic N) is 5. The van der Waals surface area contributed by atoms with Gasteiger partial charge in [0.1, 0.15) is 18.2 Å². The summed E-state index contributed by atoms with van der Waals surface area (Å²) in [5, 5.41) is 0. The molecule has 1 saturated heterocycles. The second-order valence-electron chi connectivity index (χ2n) is 11.5. The number of pyridine rings is 1. The van der Waals surface area contributed by atoms with Crippen molar-refractivity contribution < 1.29 is 9.53 Å². The Bertz CT molecular complexity index is 1210. The molecule has 7 heteroatoms. The molecule has 2 aromatic heterocycles. The Balaban J connectivity index is 1.30. The SMILES string of the molecule is CC(C)c1ncc(C(=O)N2CCC3(CCCCc4ccccc4OCCN(Cc4cccnc4)C3)CC2)cn1. The first-order chi connectivity index (χ1) is 19.0. The van der Waals surface area contributed by atoms with E-state index in [1.807, 2.05) is 23.4 Å². The highest BCUT2D eigenvalue weighted by Crippen LogP contribution is 2.39. The molecule has 2 aliphatic heterocycles. The molecule has 1 fully saturated rings. The molecule has 0 bridgehead atoms. The molecule has 1 amide bonds. The number of piperidine rings is 1. The van der Waals surface area contributed by atoms with Crippen molar-refractivity contribution in [2.45, 2.75) is 64.8 Å². The molecule has 0 N–H and O–H groups in total. The average molecular weight is 528 g/mol. The molecule has 5 rings (SSSR count). The Morgan fingerprint density at radius 2 is 1.77 bits per heavy atom. The molecule has 2 aliphatic rings. The zero-order chi connectivity index (χ0) is 27.1. The number of benzene rings is 1. The van der Waals surface area contributed by atoms with E-state index >= 15 is 0 Å². The third kappa shape index (κ3) is 7.01. The third-order valence-corrected chi connectivity index (χ3v) is 8.28. The van der Waals surface area contributed by atoms with Crippen LogP contribution in [0, 0.1) is 5.41 Å². The average Bonchev–Trinajstić information content (AvgIpc) is 2.96. The van der Waals surface area contributed by atoms with E-state index in [-0.39, 0.29) is 17.2 Å². The lowest BCUT2D eigenvalue weighted by Crippen LogP contribution is -2.48. The molecule has 39 heavy (non-hydrogen) atoms. The van der Waals surface area contributed by atoms with Crippen LogP contribution in [0.3, 0.4) is 0 Å². The predicted molar refractivity (Wildman–Crippen MR) is 153 cm³/mol. The van der Waals surface area contributed by atoms with Gasteiger partial charge in [0.2, 0.25) is 0 Å². The minimum Gasteiger partial charge on any atom is -0.492 e. The first-order valence-electron chi connectivity index (χ1n) is 14.4. The van der Waals surface area contributed by atoms with E-state index in [9.17, 15) is 4.79 Å². The molecule has 0 atom stereocenters. The highest BCUT2D eigenvalue weighted by Gasteiger charge is 2.37. The molecular weight excluding hydrogens is 486 g/mol. The van der Waals surface area contributed by atoms with E-state index < -0.39 is 0 Å². The van der Waals surface area contributed by atoms with Gasteiger partial charge >= 0.3 is 0 Å².